The first-order valence-electron chi connectivity index (χ1n) is 10.8. The van der Waals surface area contributed by atoms with Crippen molar-refractivity contribution in [3.63, 3.8) is 0 Å². The van der Waals surface area contributed by atoms with Gasteiger partial charge in [-0.25, -0.2) is 5.43 Å². The fraction of sp³-hybridized carbons (Fsp3) is 0.111. The number of hydrogen-bond donors (Lipinski definition) is 2. The van der Waals surface area contributed by atoms with Gasteiger partial charge in [0.05, 0.1) is 6.21 Å². The van der Waals surface area contributed by atoms with E-state index in [9.17, 15) is 4.79 Å². The minimum atomic E-state index is -0.261. The van der Waals surface area contributed by atoms with E-state index in [2.05, 4.69) is 69.6 Å². The van der Waals surface area contributed by atoms with Crippen molar-refractivity contribution in [1.29, 1.82) is 0 Å². The maximum atomic E-state index is 12.6. The summed E-state index contributed by atoms with van der Waals surface area (Å²) in [7, 11) is 0. The van der Waals surface area contributed by atoms with Crippen LogP contribution in [-0.4, -0.2) is 21.7 Å². The van der Waals surface area contributed by atoms with E-state index in [-0.39, 0.29) is 5.91 Å². The van der Waals surface area contributed by atoms with E-state index in [0.717, 1.165) is 40.3 Å². The molecule has 5 rings (SSSR count). The van der Waals surface area contributed by atoms with Gasteiger partial charge in [-0.15, -0.1) is 0 Å². The van der Waals surface area contributed by atoms with Crippen LogP contribution in [0.1, 0.15) is 34.1 Å². The molecule has 158 valence electrons. The molecule has 5 aromatic rings. The number of aryl methyl sites for hydroxylation is 1. The van der Waals surface area contributed by atoms with Crippen LogP contribution in [0.15, 0.2) is 90.2 Å². The number of aromatic nitrogens is 2. The normalized spacial score (nSPS) is 11.5. The first kappa shape index (κ1) is 19.8. The SMILES string of the molecule is CCc1ccc2[nH]c(C(=O)N/N=C\c3cn(Cc4ccccc4)c4ccccc34)cc2c1. The molecular weight excluding hydrogens is 396 g/mol. The van der Waals surface area contributed by atoms with Gasteiger partial charge >= 0.3 is 0 Å². The molecule has 0 aliphatic heterocycles. The summed E-state index contributed by atoms with van der Waals surface area (Å²) >= 11 is 0. The predicted molar refractivity (Wildman–Crippen MR) is 130 cm³/mol. The molecule has 0 atom stereocenters. The van der Waals surface area contributed by atoms with Crippen LogP contribution in [0.25, 0.3) is 21.8 Å². The summed E-state index contributed by atoms with van der Waals surface area (Å²) in [6.07, 6.45) is 4.74. The van der Waals surface area contributed by atoms with Crippen molar-refractivity contribution in [2.45, 2.75) is 19.9 Å². The number of para-hydroxylation sites is 1. The molecule has 0 bridgehead atoms. The summed E-state index contributed by atoms with van der Waals surface area (Å²) in [5.41, 5.74) is 8.66. The van der Waals surface area contributed by atoms with E-state index >= 15 is 0 Å². The first-order valence-corrected chi connectivity index (χ1v) is 10.8. The van der Waals surface area contributed by atoms with E-state index in [1.807, 2.05) is 42.5 Å². The van der Waals surface area contributed by atoms with Gasteiger partial charge in [-0.1, -0.05) is 61.5 Å². The van der Waals surface area contributed by atoms with Crippen LogP contribution in [-0.2, 0) is 13.0 Å². The van der Waals surface area contributed by atoms with E-state index in [1.165, 1.54) is 11.1 Å². The highest BCUT2D eigenvalue weighted by molar-refractivity contribution is 6.01. The van der Waals surface area contributed by atoms with Crippen molar-refractivity contribution in [2.24, 2.45) is 5.10 Å². The number of benzene rings is 3. The summed E-state index contributed by atoms with van der Waals surface area (Å²) in [4.78, 5) is 15.8. The number of nitrogens with one attached hydrogen (secondary N) is 2. The summed E-state index contributed by atoms with van der Waals surface area (Å²) < 4.78 is 2.21. The number of carbonyl (C=O) groups excluding carboxylic acids is 1. The fourth-order valence-corrected chi connectivity index (χ4v) is 4.03. The summed E-state index contributed by atoms with van der Waals surface area (Å²) in [6.45, 7) is 2.89. The quantitative estimate of drug-likeness (QED) is 0.277. The molecular formula is C27H24N4O. The fourth-order valence-electron chi connectivity index (χ4n) is 4.03. The van der Waals surface area contributed by atoms with E-state index < -0.39 is 0 Å². The van der Waals surface area contributed by atoms with Crippen LogP contribution in [0.2, 0.25) is 0 Å². The maximum absolute atomic E-state index is 12.6. The molecule has 0 saturated heterocycles. The summed E-state index contributed by atoms with van der Waals surface area (Å²) in [6, 6.07) is 26.6. The van der Waals surface area contributed by atoms with Crippen molar-refractivity contribution in [3.05, 3.63) is 107 Å². The number of aromatic amines is 1. The van der Waals surface area contributed by atoms with Gasteiger partial charge in [0.1, 0.15) is 5.69 Å². The average molecular weight is 421 g/mol. The van der Waals surface area contributed by atoms with Gasteiger partial charge in [0, 0.05) is 40.1 Å². The van der Waals surface area contributed by atoms with E-state index in [1.54, 1.807) is 6.21 Å². The molecule has 0 radical (unpaired) electrons. The van der Waals surface area contributed by atoms with Gasteiger partial charge in [-0.05, 0) is 41.8 Å². The van der Waals surface area contributed by atoms with E-state index in [0.29, 0.717) is 5.69 Å². The molecule has 5 heteroatoms. The molecule has 0 aliphatic rings. The second-order valence-electron chi connectivity index (χ2n) is 7.87. The van der Waals surface area contributed by atoms with Gasteiger partial charge in [-0.3, -0.25) is 4.79 Å². The van der Waals surface area contributed by atoms with Gasteiger partial charge in [0.15, 0.2) is 0 Å². The second kappa shape index (κ2) is 8.55. The minimum Gasteiger partial charge on any atom is -0.350 e. The minimum absolute atomic E-state index is 0.261. The molecule has 0 aliphatic carbocycles. The lowest BCUT2D eigenvalue weighted by Gasteiger charge is -2.05. The summed E-state index contributed by atoms with van der Waals surface area (Å²) in [5, 5.41) is 6.36. The van der Waals surface area contributed by atoms with Crippen molar-refractivity contribution in [3.8, 4) is 0 Å². The largest absolute Gasteiger partial charge is 0.350 e. The predicted octanol–water partition coefficient (Wildman–Crippen LogP) is 5.50. The summed E-state index contributed by atoms with van der Waals surface area (Å²) in [5.74, 6) is -0.261. The zero-order valence-corrected chi connectivity index (χ0v) is 17.9. The monoisotopic (exact) mass is 420 g/mol. The number of carbonyl (C=O) groups is 1. The third kappa shape index (κ3) is 3.93. The Bertz CT molecular complexity index is 1430. The Kier molecular flexibility index (Phi) is 5.30. The molecule has 5 nitrogen and oxygen atoms in total. The van der Waals surface area contributed by atoms with Gasteiger partial charge in [0.2, 0.25) is 0 Å². The van der Waals surface area contributed by atoms with Crippen molar-refractivity contribution in [1.82, 2.24) is 15.0 Å². The highest BCUT2D eigenvalue weighted by atomic mass is 16.2. The maximum Gasteiger partial charge on any atom is 0.287 e. The zero-order valence-electron chi connectivity index (χ0n) is 17.9. The molecule has 0 fully saturated rings. The van der Waals surface area contributed by atoms with Crippen molar-refractivity contribution in [2.75, 3.05) is 0 Å². The highest BCUT2D eigenvalue weighted by Crippen LogP contribution is 2.21. The molecule has 0 unspecified atom stereocenters. The lowest BCUT2D eigenvalue weighted by molar-refractivity contribution is 0.0951. The lowest BCUT2D eigenvalue weighted by atomic mass is 10.1. The molecule has 0 saturated carbocycles. The Morgan fingerprint density at radius 2 is 1.81 bits per heavy atom. The van der Waals surface area contributed by atoms with Gasteiger partial charge < -0.3 is 9.55 Å². The van der Waals surface area contributed by atoms with Gasteiger partial charge in [-0.2, -0.15) is 5.10 Å². The number of H-pyrrole nitrogens is 1. The van der Waals surface area contributed by atoms with Crippen LogP contribution in [0.5, 0.6) is 0 Å². The van der Waals surface area contributed by atoms with Crippen LogP contribution < -0.4 is 5.43 Å². The Morgan fingerprint density at radius 1 is 1.00 bits per heavy atom. The molecule has 2 aromatic heterocycles. The molecule has 2 N–H and O–H groups in total. The van der Waals surface area contributed by atoms with E-state index in [4.69, 9.17) is 0 Å². The first-order chi connectivity index (χ1) is 15.7. The number of hydrazone groups is 1. The van der Waals surface area contributed by atoms with Crippen molar-refractivity contribution < 1.29 is 4.79 Å². The molecule has 1 amide bonds. The van der Waals surface area contributed by atoms with Crippen LogP contribution in [0, 0.1) is 0 Å². The molecule has 0 spiro atoms. The molecule has 2 heterocycles. The van der Waals surface area contributed by atoms with Gasteiger partial charge in [0.25, 0.3) is 5.91 Å². The Morgan fingerprint density at radius 3 is 2.66 bits per heavy atom. The van der Waals surface area contributed by atoms with Crippen LogP contribution >= 0.6 is 0 Å². The standard InChI is InChI=1S/C27H24N4O/c1-2-19-12-13-24-21(14-19)15-25(29-24)27(32)30-28-16-22-18-31(17-20-8-4-3-5-9-20)26-11-7-6-10-23(22)26/h3-16,18,29H,2,17H2,1H3,(H,30,32)/b28-16-. The number of nitrogens with zero attached hydrogens (tertiary/aromatic N) is 2. The highest BCUT2D eigenvalue weighted by Gasteiger charge is 2.10. The number of hydrogen-bond acceptors (Lipinski definition) is 2. The lowest BCUT2D eigenvalue weighted by Crippen LogP contribution is -2.17. The molecule has 3 aromatic carbocycles. The molecule has 32 heavy (non-hydrogen) atoms. The Balaban J connectivity index is 1.36. The Labute approximate surface area is 186 Å². The smallest absolute Gasteiger partial charge is 0.287 e. The number of fused-ring (bicyclic) bond motifs is 2. The number of amides is 1. The third-order valence-electron chi connectivity index (χ3n) is 5.72. The average Bonchev–Trinajstić information content (AvgIpc) is 3.41. The third-order valence-corrected chi connectivity index (χ3v) is 5.72. The number of rotatable bonds is 6. The van der Waals surface area contributed by atoms with Crippen LogP contribution in [0.3, 0.4) is 0 Å². The Hall–Kier alpha value is -4.12. The van der Waals surface area contributed by atoms with Crippen LogP contribution in [0.4, 0.5) is 0 Å². The van der Waals surface area contributed by atoms with Crippen molar-refractivity contribution >= 4 is 33.9 Å². The second-order valence-corrected chi connectivity index (χ2v) is 7.87. The zero-order chi connectivity index (χ0) is 21.9. The topological polar surface area (TPSA) is 62.2 Å².